The van der Waals surface area contributed by atoms with Gasteiger partial charge in [0.05, 0.1) is 11.0 Å². The number of primary amides is 1. The molecule has 0 saturated heterocycles. The first kappa shape index (κ1) is 16.9. The van der Waals surface area contributed by atoms with Crippen LogP contribution in [0.4, 0.5) is 10.1 Å². The Labute approximate surface area is 148 Å². The Kier molecular flexibility index (Phi) is 4.66. The molecule has 0 radical (unpaired) electrons. The van der Waals surface area contributed by atoms with E-state index in [1.54, 1.807) is 7.05 Å². The van der Waals surface area contributed by atoms with Crippen LogP contribution in [0.5, 0.6) is 0 Å². The first-order chi connectivity index (χ1) is 12.0. The molecule has 1 aromatic carbocycles. The lowest BCUT2D eigenvalue weighted by Gasteiger charge is -2.07. The van der Waals surface area contributed by atoms with Crippen molar-refractivity contribution in [2.24, 2.45) is 5.73 Å². The van der Waals surface area contributed by atoms with Gasteiger partial charge in [-0.3, -0.25) is 9.59 Å². The predicted molar refractivity (Wildman–Crippen MR) is 97.9 cm³/mol. The standard InChI is InChI=1S/C16H18N6O2S/c1-9-19-10-5-3-4-6-11(10)22(9)8-7-12(23)20-15-13(14(17)24)21-16(18-2)25-15/h3-6H,7-8H2,1-2H3,(H2,17,24)(H,18,21)(H,20,23). The van der Waals surface area contributed by atoms with Crippen LogP contribution in [0.1, 0.15) is 22.7 Å². The number of fused-ring (bicyclic) bond motifs is 1. The van der Waals surface area contributed by atoms with Crippen LogP contribution < -0.4 is 16.4 Å². The average Bonchev–Trinajstić information content (AvgIpc) is 3.13. The van der Waals surface area contributed by atoms with Gasteiger partial charge in [0.25, 0.3) is 5.91 Å². The number of anilines is 2. The molecule has 25 heavy (non-hydrogen) atoms. The summed E-state index contributed by atoms with van der Waals surface area (Å²) in [5.41, 5.74) is 7.25. The molecule has 0 aliphatic rings. The van der Waals surface area contributed by atoms with E-state index in [1.165, 1.54) is 11.3 Å². The van der Waals surface area contributed by atoms with Crippen molar-refractivity contribution in [3.8, 4) is 0 Å². The summed E-state index contributed by atoms with van der Waals surface area (Å²) in [6.45, 7) is 2.40. The minimum absolute atomic E-state index is 0.0620. The number of aromatic nitrogens is 3. The maximum atomic E-state index is 12.3. The Morgan fingerprint density at radius 2 is 2.04 bits per heavy atom. The highest BCUT2D eigenvalue weighted by molar-refractivity contribution is 7.20. The smallest absolute Gasteiger partial charge is 0.270 e. The van der Waals surface area contributed by atoms with Crippen molar-refractivity contribution in [2.45, 2.75) is 19.9 Å². The molecule has 130 valence electrons. The van der Waals surface area contributed by atoms with Gasteiger partial charge in [-0.2, -0.15) is 0 Å². The molecule has 0 spiro atoms. The van der Waals surface area contributed by atoms with Gasteiger partial charge in [-0.1, -0.05) is 23.5 Å². The largest absolute Gasteiger partial charge is 0.365 e. The Balaban J connectivity index is 1.72. The molecule has 0 bridgehead atoms. The SMILES string of the molecule is CNc1nc(C(N)=O)c(NC(=O)CCn2c(C)nc3ccccc32)s1. The Bertz CT molecular complexity index is 945. The number of amides is 2. The second-order valence-electron chi connectivity index (χ2n) is 5.41. The van der Waals surface area contributed by atoms with Crippen molar-refractivity contribution < 1.29 is 9.59 Å². The summed E-state index contributed by atoms with van der Waals surface area (Å²) in [6, 6.07) is 7.78. The van der Waals surface area contributed by atoms with E-state index in [0.717, 1.165) is 16.9 Å². The third-order valence-corrected chi connectivity index (χ3v) is 4.72. The minimum atomic E-state index is -0.676. The summed E-state index contributed by atoms with van der Waals surface area (Å²) in [7, 11) is 1.68. The summed E-state index contributed by atoms with van der Waals surface area (Å²) in [5, 5.41) is 6.42. The second-order valence-corrected chi connectivity index (χ2v) is 6.41. The highest BCUT2D eigenvalue weighted by atomic mass is 32.1. The van der Waals surface area contributed by atoms with Crippen molar-refractivity contribution in [1.29, 1.82) is 0 Å². The minimum Gasteiger partial charge on any atom is -0.365 e. The molecule has 0 saturated carbocycles. The zero-order valence-electron chi connectivity index (χ0n) is 13.9. The maximum absolute atomic E-state index is 12.3. The highest BCUT2D eigenvalue weighted by Crippen LogP contribution is 2.28. The molecular formula is C16H18N6O2S. The number of rotatable bonds is 6. The average molecular weight is 358 g/mol. The number of nitrogens with two attached hydrogens (primary N) is 1. The van der Waals surface area contributed by atoms with E-state index in [0.29, 0.717) is 16.7 Å². The fourth-order valence-electron chi connectivity index (χ4n) is 2.56. The Morgan fingerprint density at radius 3 is 2.76 bits per heavy atom. The molecule has 2 aromatic heterocycles. The van der Waals surface area contributed by atoms with Gasteiger partial charge in [0.15, 0.2) is 10.8 Å². The van der Waals surface area contributed by atoms with E-state index in [2.05, 4.69) is 20.6 Å². The zero-order chi connectivity index (χ0) is 18.0. The third kappa shape index (κ3) is 3.45. The molecule has 0 fully saturated rings. The summed E-state index contributed by atoms with van der Waals surface area (Å²) in [4.78, 5) is 32.3. The number of aryl methyl sites for hydroxylation is 2. The van der Waals surface area contributed by atoms with Gasteiger partial charge in [0, 0.05) is 20.0 Å². The number of hydrogen-bond donors (Lipinski definition) is 3. The van der Waals surface area contributed by atoms with Gasteiger partial charge in [-0.25, -0.2) is 9.97 Å². The fourth-order valence-corrected chi connectivity index (χ4v) is 3.40. The highest BCUT2D eigenvalue weighted by Gasteiger charge is 2.18. The normalized spacial score (nSPS) is 10.8. The Hall–Kier alpha value is -2.94. The van der Waals surface area contributed by atoms with Crippen LogP contribution in [0.25, 0.3) is 11.0 Å². The van der Waals surface area contributed by atoms with Crippen molar-refractivity contribution in [3.05, 3.63) is 35.8 Å². The monoisotopic (exact) mass is 358 g/mol. The van der Waals surface area contributed by atoms with Crippen molar-refractivity contribution in [1.82, 2.24) is 14.5 Å². The van der Waals surface area contributed by atoms with Gasteiger partial charge < -0.3 is 20.9 Å². The van der Waals surface area contributed by atoms with Crippen LogP contribution in [0.2, 0.25) is 0 Å². The molecule has 9 heteroatoms. The molecular weight excluding hydrogens is 340 g/mol. The van der Waals surface area contributed by atoms with E-state index in [-0.39, 0.29) is 18.0 Å². The number of benzene rings is 1. The second kappa shape index (κ2) is 6.89. The lowest BCUT2D eigenvalue weighted by Crippen LogP contribution is -2.18. The van der Waals surface area contributed by atoms with Gasteiger partial charge in [0.2, 0.25) is 5.91 Å². The van der Waals surface area contributed by atoms with Gasteiger partial charge in [0.1, 0.15) is 10.8 Å². The molecule has 0 aliphatic heterocycles. The van der Waals surface area contributed by atoms with E-state index in [4.69, 9.17) is 5.73 Å². The summed E-state index contributed by atoms with van der Waals surface area (Å²) in [5.74, 6) is -0.0439. The van der Waals surface area contributed by atoms with Crippen molar-refractivity contribution in [3.63, 3.8) is 0 Å². The maximum Gasteiger partial charge on any atom is 0.270 e. The van der Waals surface area contributed by atoms with E-state index in [9.17, 15) is 9.59 Å². The van der Waals surface area contributed by atoms with Crippen LogP contribution in [-0.2, 0) is 11.3 Å². The Morgan fingerprint density at radius 1 is 1.28 bits per heavy atom. The number of carbonyl (C=O) groups is 2. The van der Waals surface area contributed by atoms with Crippen LogP contribution in [0.15, 0.2) is 24.3 Å². The number of hydrogen-bond acceptors (Lipinski definition) is 6. The third-order valence-electron chi connectivity index (χ3n) is 3.74. The fraction of sp³-hybridized carbons (Fsp3) is 0.250. The number of imidazole rings is 1. The molecule has 2 amide bonds. The number of nitrogens with one attached hydrogen (secondary N) is 2. The molecule has 8 nitrogen and oxygen atoms in total. The van der Waals surface area contributed by atoms with E-state index in [1.807, 2.05) is 35.8 Å². The number of carbonyl (C=O) groups excluding carboxylic acids is 2. The zero-order valence-corrected chi connectivity index (χ0v) is 14.7. The molecule has 2 heterocycles. The first-order valence-corrected chi connectivity index (χ1v) is 8.51. The topological polar surface area (TPSA) is 115 Å². The molecule has 4 N–H and O–H groups in total. The van der Waals surface area contributed by atoms with Crippen LogP contribution in [-0.4, -0.2) is 33.4 Å². The number of para-hydroxylation sites is 2. The molecule has 3 rings (SSSR count). The number of nitrogens with zero attached hydrogens (tertiary/aromatic N) is 3. The van der Waals surface area contributed by atoms with Crippen LogP contribution in [0, 0.1) is 6.92 Å². The summed E-state index contributed by atoms with van der Waals surface area (Å²) < 4.78 is 2.00. The summed E-state index contributed by atoms with van der Waals surface area (Å²) in [6.07, 6.45) is 0.242. The van der Waals surface area contributed by atoms with Crippen molar-refractivity contribution >= 4 is 44.3 Å². The molecule has 3 aromatic rings. The number of thiazole rings is 1. The molecule has 0 atom stereocenters. The van der Waals surface area contributed by atoms with Crippen molar-refractivity contribution in [2.75, 3.05) is 17.7 Å². The lowest BCUT2D eigenvalue weighted by molar-refractivity contribution is -0.116. The van der Waals surface area contributed by atoms with Crippen LogP contribution in [0.3, 0.4) is 0 Å². The molecule has 0 aliphatic carbocycles. The van der Waals surface area contributed by atoms with Gasteiger partial charge in [-0.05, 0) is 19.1 Å². The lowest BCUT2D eigenvalue weighted by atomic mass is 10.3. The van der Waals surface area contributed by atoms with Gasteiger partial charge >= 0.3 is 0 Å². The van der Waals surface area contributed by atoms with E-state index < -0.39 is 5.91 Å². The van der Waals surface area contributed by atoms with Gasteiger partial charge in [-0.15, -0.1) is 0 Å². The predicted octanol–water partition coefficient (Wildman–Crippen LogP) is 1.97. The quantitative estimate of drug-likeness (QED) is 0.623. The summed E-state index contributed by atoms with van der Waals surface area (Å²) >= 11 is 1.17. The van der Waals surface area contributed by atoms with E-state index >= 15 is 0 Å². The van der Waals surface area contributed by atoms with Crippen LogP contribution >= 0.6 is 11.3 Å². The first-order valence-electron chi connectivity index (χ1n) is 7.69. The molecule has 0 unspecified atom stereocenters.